The molecule has 150 valence electrons. The van der Waals surface area contributed by atoms with Crippen LogP contribution in [-0.4, -0.2) is 22.7 Å². The van der Waals surface area contributed by atoms with Gasteiger partial charge >= 0.3 is 0 Å². The van der Waals surface area contributed by atoms with Crippen molar-refractivity contribution in [3.05, 3.63) is 100.0 Å². The molecule has 0 radical (unpaired) electrons. The standard InChI is InChI=1S/C24H21N3O2S/c1-17-7-6-14-27-22(17)26-23(30-16-18-8-4-3-5-9-18)21(24(27)28)15-25-19-10-12-20(29-2)13-11-19/h3-15H,16H2,1-2H3. The molecule has 2 aromatic carbocycles. The Hall–Kier alpha value is -3.38. The average molecular weight is 416 g/mol. The number of aryl methyl sites for hydroxylation is 1. The van der Waals surface area contributed by atoms with E-state index in [4.69, 9.17) is 9.72 Å². The largest absolute Gasteiger partial charge is 0.497 e. The maximum atomic E-state index is 13.2. The first kappa shape index (κ1) is 19.9. The van der Waals surface area contributed by atoms with Gasteiger partial charge in [-0.05, 0) is 48.4 Å². The first-order chi connectivity index (χ1) is 14.7. The van der Waals surface area contributed by atoms with E-state index in [0.717, 1.165) is 22.8 Å². The van der Waals surface area contributed by atoms with Crippen LogP contribution < -0.4 is 10.3 Å². The highest BCUT2D eigenvalue weighted by Gasteiger charge is 2.13. The lowest BCUT2D eigenvalue weighted by molar-refractivity contribution is 0.415. The van der Waals surface area contributed by atoms with Gasteiger partial charge in [-0.3, -0.25) is 14.2 Å². The third kappa shape index (κ3) is 4.28. The number of rotatable bonds is 6. The summed E-state index contributed by atoms with van der Waals surface area (Å²) in [5, 5.41) is 0.676. The monoisotopic (exact) mass is 415 g/mol. The molecule has 0 saturated heterocycles. The number of hydrogen-bond acceptors (Lipinski definition) is 5. The summed E-state index contributed by atoms with van der Waals surface area (Å²) in [6, 6.07) is 21.3. The van der Waals surface area contributed by atoms with E-state index in [1.165, 1.54) is 5.56 Å². The second kappa shape index (κ2) is 8.97. The Kier molecular flexibility index (Phi) is 5.95. The zero-order chi connectivity index (χ0) is 20.9. The maximum absolute atomic E-state index is 13.2. The fourth-order valence-electron chi connectivity index (χ4n) is 3.05. The predicted molar refractivity (Wildman–Crippen MR) is 122 cm³/mol. The summed E-state index contributed by atoms with van der Waals surface area (Å²) in [6.45, 7) is 1.96. The summed E-state index contributed by atoms with van der Waals surface area (Å²) in [6.07, 6.45) is 3.35. The average Bonchev–Trinajstić information content (AvgIpc) is 2.79. The molecule has 0 aliphatic heterocycles. The summed E-state index contributed by atoms with van der Waals surface area (Å²) in [7, 11) is 1.62. The Balaban J connectivity index is 1.75. The fourth-order valence-corrected chi connectivity index (χ4v) is 3.99. The highest BCUT2D eigenvalue weighted by Crippen LogP contribution is 2.24. The van der Waals surface area contributed by atoms with E-state index in [1.807, 2.05) is 61.5 Å². The van der Waals surface area contributed by atoms with Crippen molar-refractivity contribution in [3.63, 3.8) is 0 Å². The van der Waals surface area contributed by atoms with E-state index < -0.39 is 0 Å². The Morgan fingerprint density at radius 3 is 2.57 bits per heavy atom. The molecule has 6 heteroatoms. The molecule has 0 unspecified atom stereocenters. The zero-order valence-electron chi connectivity index (χ0n) is 16.8. The minimum Gasteiger partial charge on any atom is -0.497 e. The van der Waals surface area contributed by atoms with Gasteiger partial charge in [0.2, 0.25) is 0 Å². The molecule has 0 fully saturated rings. The minimum atomic E-state index is -0.128. The molecule has 2 aromatic heterocycles. The summed E-state index contributed by atoms with van der Waals surface area (Å²) in [4.78, 5) is 22.5. The van der Waals surface area contributed by atoms with Gasteiger partial charge in [-0.15, -0.1) is 11.8 Å². The Morgan fingerprint density at radius 1 is 1.07 bits per heavy atom. The second-order valence-corrected chi connectivity index (χ2v) is 7.72. The highest BCUT2D eigenvalue weighted by atomic mass is 32.2. The van der Waals surface area contributed by atoms with Gasteiger partial charge in [0.1, 0.15) is 16.4 Å². The van der Waals surface area contributed by atoms with Crippen molar-refractivity contribution in [3.8, 4) is 5.75 Å². The number of aliphatic imine (C=N–C) groups is 1. The van der Waals surface area contributed by atoms with Crippen LogP contribution in [0.4, 0.5) is 5.69 Å². The molecule has 0 amide bonds. The van der Waals surface area contributed by atoms with Gasteiger partial charge in [0.05, 0.1) is 18.4 Å². The SMILES string of the molecule is COc1ccc(N=Cc2c(SCc3ccccc3)nc3c(C)cccn3c2=O)cc1. The smallest absolute Gasteiger partial charge is 0.267 e. The molecule has 2 heterocycles. The first-order valence-corrected chi connectivity index (χ1v) is 10.5. The van der Waals surface area contributed by atoms with Crippen LogP contribution in [-0.2, 0) is 5.75 Å². The van der Waals surface area contributed by atoms with E-state index in [2.05, 4.69) is 17.1 Å². The van der Waals surface area contributed by atoms with Crippen LogP contribution in [0.2, 0.25) is 0 Å². The van der Waals surface area contributed by atoms with Crippen LogP contribution in [0.15, 0.2) is 87.7 Å². The van der Waals surface area contributed by atoms with E-state index >= 15 is 0 Å². The van der Waals surface area contributed by atoms with Gasteiger partial charge in [0.25, 0.3) is 5.56 Å². The molecule has 4 rings (SSSR count). The number of nitrogens with zero attached hydrogens (tertiary/aromatic N) is 3. The van der Waals surface area contributed by atoms with E-state index in [-0.39, 0.29) is 5.56 Å². The van der Waals surface area contributed by atoms with Crippen LogP contribution in [0.5, 0.6) is 5.75 Å². The Morgan fingerprint density at radius 2 is 1.83 bits per heavy atom. The number of thioether (sulfide) groups is 1. The van der Waals surface area contributed by atoms with E-state index in [9.17, 15) is 4.79 Å². The number of aromatic nitrogens is 2. The lowest BCUT2D eigenvalue weighted by atomic mass is 10.2. The number of hydrogen-bond donors (Lipinski definition) is 0. The van der Waals surface area contributed by atoms with E-state index in [0.29, 0.717) is 16.2 Å². The summed E-state index contributed by atoms with van der Waals surface area (Å²) < 4.78 is 6.77. The summed E-state index contributed by atoms with van der Waals surface area (Å²) >= 11 is 1.54. The second-order valence-electron chi connectivity index (χ2n) is 6.75. The van der Waals surface area contributed by atoms with E-state index in [1.54, 1.807) is 35.7 Å². The molecule has 0 saturated carbocycles. The molecule has 5 nitrogen and oxygen atoms in total. The lowest BCUT2D eigenvalue weighted by Gasteiger charge is -2.09. The third-order valence-corrected chi connectivity index (χ3v) is 5.75. The van der Waals surface area contributed by atoms with Gasteiger partial charge in [-0.2, -0.15) is 0 Å². The number of pyridine rings is 1. The van der Waals surface area contributed by atoms with Gasteiger partial charge in [0.15, 0.2) is 0 Å². The molecule has 0 N–H and O–H groups in total. The number of fused-ring (bicyclic) bond motifs is 1. The first-order valence-electron chi connectivity index (χ1n) is 9.52. The van der Waals surface area contributed by atoms with Crippen molar-refractivity contribution >= 4 is 29.3 Å². The molecular formula is C24H21N3O2S. The molecular weight excluding hydrogens is 394 g/mol. The van der Waals surface area contributed by atoms with Gasteiger partial charge in [-0.25, -0.2) is 4.98 Å². The Bertz CT molecular complexity index is 1250. The molecule has 0 spiro atoms. The molecule has 0 aliphatic rings. The van der Waals surface area contributed by atoms with Crippen molar-refractivity contribution < 1.29 is 4.74 Å². The van der Waals surface area contributed by atoms with Gasteiger partial charge < -0.3 is 4.74 Å². The molecule has 0 atom stereocenters. The number of ether oxygens (including phenoxy) is 1. The zero-order valence-corrected chi connectivity index (χ0v) is 17.6. The van der Waals surface area contributed by atoms with Crippen LogP contribution in [0.25, 0.3) is 5.65 Å². The van der Waals surface area contributed by atoms with Crippen molar-refractivity contribution in [1.29, 1.82) is 0 Å². The van der Waals surface area contributed by atoms with Crippen LogP contribution in [0, 0.1) is 6.92 Å². The van der Waals surface area contributed by atoms with Gasteiger partial charge in [0, 0.05) is 18.2 Å². The molecule has 0 aliphatic carbocycles. The molecule has 30 heavy (non-hydrogen) atoms. The molecule has 4 aromatic rings. The summed E-state index contributed by atoms with van der Waals surface area (Å²) in [5.74, 6) is 1.48. The third-order valence-electron chi connectivity index (χ3n) is 4.68. The van der Waals surface area contributed by atoms with Crippen LogP contribution in [0.3, 0.4) is 0 Å². The highest BCUT2D eigenvalue weighted by molar-refractivity contribution is 7.98. The van der Waals surface area contributed by atoms with Crippen LogP contribution in [0.1, 0.15) is 16.7 Å². The summed E-state index contributed by atoms with van der Waals surface area (Å²) in [5.41, 5.74) is 3.89. The topological polar surface area (TPSA) is 56.0 Å². The Labute approximate surface area is 179 Å². The quantitative estimate of drug-likeness (QED) is 0.251. The van der Waals surface area contributed by atoms with Crippen LogP contribution >= 0.6 is 11.8 Å². The van der Waals surface area contributed by atoms with Crippen molar-refractivity contribution in [2.75, 3.05) is 7.11 Å². The fraction of sp³-hybridized carbons (Fsp3) is 0.125. The normalized spacial score (nSPS) is 11.3. The van der Waals surface area contributed by atoms with Crippen molar-refractivity contribution in [1.82, 2.24) is 9.38 Å². The predicted octanol–water partition coefficient (Wildman–Crippen LogP) is 5.05. The molecule has 0 bridgehead atoms. The number of methoxy groups -OCH3 is 1. The minimum absolute atomic E-state index is 0.128. The van der Waals surface area contributed by atoms with Crippen molar-refractivity contribution in [2.45, 2.75) is 17.7 Å². The van der Waals surface area contributed by atoms with Crippen molar-refractivity contribution in [2.24, 2.45) is 4.99 Å². The lowest BCUT2D eigenvalue weighted by Crippen LogP contribution is -2.21. The maximum Gasteiger partial charge on any atom is 0.267 e. The van der Waals surface area contributed by atoms with Gasteiger partial charge in [-0.1, -0.05) is 36.4 Å². The number of benzene rings is 2.